The van der Waals surface area contributed by atoms with Gasteiger partial charge in [0, 0.05) is 24.8 Å². The number of hydrogen-bond acceptors (Lipinski definition) is 3. The van der Waals surface area contributed by atoms with E-state index < -0.39 is 0 Å². The Bertz CT molecular complexity index is 530. The van der Waals surface area contributed by atoms with Crippen molar-refractivity contribution in [1.82, 2.24) is 5.32 Å². The normalized spacial score (nSPS) is 16.1. The summed E-state index contributed by atoms with van der Waals surface area (Å²) in [6.07, 6.45) is 5.66. The monoisotopic (exact) mass is 333 g/mol. The fourth-order valence-corrected chi connectivity index (χ4v) is 3.09. The smallest absolute Gasteiger partial charge is 0.220 e. The van der Waals surface area contributed by atoms with Crippen molar-refractivity contribution < 1.29 is 14.3 Å². The SMILES string of the molecule is CCCCCC(=O)NC(CC)C(C)c1ccc2c(c1)OCCCO2. The Hall–Kier alpha value is -1.71. The number of fused-ring (bicyclic) bond motifs is 1. The van der Waals surface area contributed by atoms with Crippen LogP contribution in [0.25, 0.3) is 0 Å². The van der Waals surface area contributed by atoms with Crippen molar-refractivity contribution in [2.75, 3.05) is 13.2 Å². The van der Waals surface area contributed by atoms with Crippen molar-refractivity contribution in [3.8, 4) is 11.5 Å². The number of carbonyl (C=O) groups is 1. The van der Waals surface area contributed by atoms with E-state index in [0.717, 1.165) is 43.6 Å². The molecule has 1 amide bonds. The van der Waals surface area contributed by atoms with Crippen LogP contribution >= 0.6 is 0 Å². The second kappa shape index (κ2) is 9.55. The summed E-state index contributed by atoms with van der Waals surface area (Å²) in [6.45, 7) is 7.83. The first kappa shape index (κ1) is 18.6. The van der Waals surface area contributed by atoms with E-state index in [2.05, 4.69) is 38.2 Å². The van der Waals surface area contributed by atoms with E-state index in [1.165, 1.54) is 5.56 Å². The Morgan fingerprint density at radius 2 is 1.92 bits per heavy atom. The van der Waals surface area contributed by atoms with Crippen LogP contribution in [0.1, 0.15) is 70.8 Å². The highest BCUT2D eigenvalue weighted by atomic mass is 16.5. The van der Waals surface area contributed by atoms with Gasteiger partial charge in [0.15, 0.2) is 11.5 Å². The van der Waals surface area contributed by atoms with Gasteiger partial charge in [-0.15, -0.1) is 0 Å². The third kappa shape index (κ3) is 5.15. The van der Waals surface area contributed by atoms with Crippen LogP contribution in [0, 0.1) is 0 Å². The quantitative estimate of drug-likeness (QED) is 0.716. The molecule has 1 aliphatic rings. The number of ether oxygens (including phenoxy) is 2. The Balaban J connectivity index is 2.01. The Labute approximate surface area is 145 Å². The maximum Gasteiger partial charge on any atom is 0.220 e. The largest absolute Gasteiger partial charge is 0.490 e. The molecule has 0 fully saturated rings. The molecular formula is C20H31NO3. The van der Waals surface area contributed by atoms with Gasteiger partial charge in [0.05, 0.1) is 13.2 Å². The molecule has 2 unspecified atom stereocenters. The number of hydrogen-bond donors (Lipinski definition) is 1. The maximum absolute atomic E-state index is 12.1. The van der Waals surface area contributed by atoms with Crippen molar-refractivity contribution in [1.29, 1.82) is 0 Å². The fourth-order valence-electron chi connectivity index (χ4n) is 3.09. The molecule has 1 aliphatic heterocycles. The molecule has 1 heterocycles. The summed E-state index contributed by atoms with van der Waals surface area (Å²) in [5, 5.41) is 3.21. The minimum Gasteiger partial charge on any atom is -0.490 e. The fraction of sp³-hybridized carbons (Fsp3) is 0.650. The molecule has 24 heavy (non-hydrogen) atoms. The summed E-state index contributed by atoms with van der Waals surface area (Å²) in [6, 6.07) is 6.28. The molecule has 0 saturated carbocycles. The summed E-state index contributed by atoms with van der Waals surface area (Å²) in [4.78, 5) is 12.1. The van der Waals surface area contributed by atoms with E-state index in [1.54, 1.807) is 0 Å². The lowest BCUT2D eigenvalue weighted by Gasteiger charge is -2.25. The van der Waals surface area contributed by atoms with Crippen LogP contribution in [0.4, 0.5) is 0 Å². The molecule has 1 aromatic rings. The topological polar surface area (TPSA) is 47.6 Å². The molecule has 0 radical (unpaired) electrons. The molecule has 1 N–H and O–H groups in total. The number of unbranched alkanes of at least 4 members (excludes halogenated alkanes) is 2. The molecule has 1 aromatic carbocycles. The van der Waals surface area contributed by atoms with E-state index in [0.29, 0.717) is 19.6 Å². The number of benzene rings is 1. The summed E-state index contributed by atoms with van der Waals surface area (Å²) in [5.74, 6) is 2.04. The van der Waals surface area contributed by atoms with Gasteiger partial charge in [-0.2, -0.15) is 0 Å². The standard InChI is InChI=1S/C20H31NO3/c1-4-6-7-9-20(22)21-17(5-2)15(3)16-10-11-18-19(14-16)24-13-8-12-23-18/h10-11,14-15,17H,4-9,12-13H2,1-3H3,(H,21,22). The average Bonchev–Trinajstić information content (AvgIpc) is 2.84. The van der Waals surface area contributed by atoms with Crippen LogP contribution in [0.3, 0.4) is 0 Å². The molecule has 0 aliphatic carbocycles. The van der Waals surface area contributed by atoms with Crippen LogP contribution in [0.2, 0.25) is 0 Å². The summed E-state index contributed by atoms with van der Waals surface area (Å²) < 4.78 is 11.5. The molecule has 134 valence electrons. The van der Waals surface area contributed by atoms with Crippen molar-refractivity contribution in [3.05, 3.63) is 23.8 Å². The Morgan fingerprint density at radius 1 is 1.17 bits per heavy atom. The van der Waals surface area contributed by atoms with Crippen LogP contribution in [0.5, 0.6) is 11.5 Å². The average molecular weight is 333 g/mol. The third-order valence-electron chi connectivity index (χ3n) is 4.69. The van der Waals surface area contributed by atoms with Crippen molar-refractivity contribution in [2.45, 2.75) is 71.3 Å². The predicted octanol–water partition coefficient (Wildman–Crippen LogP) is 4.43. The molecule has 2 atom stereocenters. The van der Waals surface area contributed by atoms with Gasteiger partial charge in [0.1, 0.15) is 0 Å². The molecule has 0 spiro atoms. The van der Waals surface area contributed by atoms with Gasteiger partial charge in [-0.3, -0.25) is 4.79 Å². The zero-order valence-corrected chi connectivity index (χ0v) is 15.3. The molecule has 4 nitrogen and oxygen atoms in total. The third-order valence-corrected chi connectivity index (χ3v) is 4.69. The van der Waals surface area contributed by atoms with E-state index in [9.17, 15) is 4.79 Å². The molecule has 2 rings (SSSR count). The van der Waals surface area contributed by atoms with Gasteiger partial charge in [-0.05, 0) is 30.5 Å². The predicted molar refractivity (Wildman–Crippen MR) is 96.8 cm³/mol. The maximum atomic E-state index is 12.1. The lowest BCUT2D eigenvalue weighted by atomic mass is 9.91. The van der Waals surface area contributed by atoms with Crippen molar-refractivity contribution in [2.24, 2.45) is 0 Å². The van der Waals surface area contributed by atoms with Crippen LogP contribution < -0.4 is 14.8 Å². The van der Waals surface area contributed by atoms with Gasteiger partial charge in [-0.1, -0.05) is 39.7 Å². The number of amides is 1. The highest BCUT2D eigenvalue weighted by Crippen LogP contribution is 2.34. The van der Waals surface area contributed by atoms with E-state index in [1.807, 2.05) is 6.07 Å². The van der Waals surface area contributed by atoms with E-state index in [-0.39, 0.29) is 17.9 Å². The minimum atomic E-state index is 0.142. The van der Waals surface area contributed by atoms with E-state index in [4.69, 9.17) is 9.47 Å². The van der Waals surface area contributed by atoms with E-state index >= 15 is 0 Å². The lowest BCUT2D eigenvalue weighted by molar-refractivity contribution is -0.122. The summed E-state index contributed by atoms with van der Waals surface area (Å²) >= 11 is 0. The summed E-state index contributed by atoms with van der Waals surface area (Å²) in [7, 11) is 0. The first-order valence-electron chi connectivity index (χ1n) is 9.34. The first-order chi connectivity index (χ1) is 11.7. The van der Waals surface area contributed by atoms with Gasteiger partial charge in [0.25, 0.3) is 0 Å². The van der Waals surface area contributed by atoms with Crippen LogP contribution in [-0.2, 0) is 4.79 Å². The molecule has 0 bridgehead atoms. The van der Waals surface area contributed by atoms with Gasteiger partial charge in [0.2, 0.25) is 5.91 Å². The lowest BCUT2D eigenvalue weighted by Crippen LogP contribution is -2.37. The molecule has 0 aromatic heterocycles. The first-order valence-corrected chi connectivity index (χ1v) is 9.34. The Morgan fingerprint density at radius 3 is 2.62 bits per heavy atom. The van der Waals surface area contributed by atoms with Crippen molar-refractivity contribution in [3.63, 3.8) is 0 Å². The Kier molecular flexibility index (Phi) is 7.41. The number of rotatable bonds is 8. The number of carbonyl (C=O) groups excluding carboxylic acids is 1. The molecule has 4 heteroatoms. The minimum absolute atomic E-state index is 0.142. The van der Waals surface area contributed by atoms with Gasteiger partial charge >= 0.3 is 0 Å². The highest BCUT2D eigenvalue weighted by Gasteiger charge is 2.21. The van der Waals surface area contributed by atoms with Gasteiger partial charge in [-0.25, -0.2) is 0 Å². The molecular weight excluding hydrogens is 302 g/mol. The zero-order chi connectivity index (χ0) is 17.4. The molecule has 0 saturated heterocycles. The zero-order valence-electron chi connectivity index (χ0n) is 15.3. The summed E-state index contributed by atoms with van der Waals surface area (Å²) in [5.41, 5.74) is 1.18. The highest BCUT2D eigenvalue weighted by molar-refractivity contribution is 5.76. The van der Waals surface area contributed by atoms with Gasteiger partial charge < -0.3 is 14.8 Å². The second-order valence-corrected chi connectivity index (χ2v) is 6.58. The van der Waals surface area contributed by atoms with Crippen LogP contribution in [0.15, 0.2) is 18.2 Å². The van der Waals surface area contributed by atoms with Crippen molar-refractivity contribution >= 4 is 5.91 Å². The van der Waals surface area contributed by atoms with Crippen LogP contribution in [-0.4, -0.2) is 25.2 Å². The number of nitrogens with one attached hydrogen (secondary N) is 1. The second-order valence-electron chi connectivity index (χ2n) is 6.58.